The normalized spacial score (nSPS) is 24.5. The summed E-state index contributed by atoms with van der Waals surface area (Å²) in [5.41, 5.74) is 2.53. The lowest BCUT2D eigenvalue weighted by Crippen LogP contribution is -2.56. The van der Waals surface area contributed by atoms with Gasteiger partial charge in [-0.3, -0.25) is 9.59 Å². The summed E-state index contributed by atoms with van der Waals surface area (Å²) in [5, 5.41) is 7.55. The van der Waals surface area contributed by atoms with Crippen LogP contribution in [0, 0.1) is 12.3 Å². The highest BCUT2D eigenvalue weighted by Crippen LogP contribution is 2.38. The van der Waals surface area contributed by atoms with Crippen LogP contribution in [-0.2, 0) is 14.4 Å². The lowest BCUT2D eigenvalue weighted by Gasteiger charge is -2.42. The topological polar surface area (TPSA) is 74.2 Å². The molecule has 170 valence electrons. The van der Waals surface area contributed by atoms with Gasteiger partial charge in [0, 0.05) is 51.0 Å². The van der Waals surface area contributed by atoms with Crippen LogP contribution < -0.4 is 5.32 Å². The third kappa shape index (κ3) is 5.64. The number of oxime groups is 1. The molecule has 1 N–H and O–H groups in total. The fourth-order valence-corrected chi connectivity index (χ4v) is 4.84. The van der Waals surface area contributed by atoms with E-state index in [-0.39, 0.29) is 24.0 Å². The zero-order valence-electron chi connectivity index (χ0n) is 19.5. The predicted molar refractivity (Wildman–Crippen MR) is 122 cm³/mol. The van der Waals surface area contributed by atoms with Gasteiger partial charge in [0.15, 0.2) is 0 Å². The number of rotatable bonds is 7. The highest BCUT2D eigenvalue weighted by atomic mass is 16.6. The van der Waals surface area contributed by atoms with E-state index in [2.05, 4.69) is 34.4 Å². The Morgan fingerprint density at radius 3 is 2.77 bits per heavy atom. The maximum absolute atomic E-state index is 13.5. The van der Waals surface area contributed by atoms with Crippen LogP contribution in [0.2, 0.25) is 0 Å². The minimum Gasteiger partial charge on any atom is -0.392 e. The van der Waals surface area contributed by atoms with E-state index < -0.39 is 5.41 Å². The maximum Gasteiger partial charge on any atom is 0.228 e. The predicted octanol–water partition coefficient (Wildman–Crippen LogP) is 2.57. The molecule has 0 bridgehead atoms. The molecule has 0 radical (unpaired) electrons. The Morgan fingerprint density at radius 2 is 2.10 bits per heavy atom. The van der Waals surface area contributed by atoms with Gasteiger partial charge in [-0.2, -0.15) is 0 Å². The summed E-state index contributed by atoms with van der Waals surface area (Å²) >= 11 is 0. The van der Waals surface area contributed by atoms with Crippen LogP contribution in [0.1, 0.15) is 50.7 Å². The Balaban J connectivity index is 1.75. The van der Waals surface area contributed by atoms with Gasteiger partial charge in [-0.15, -0.1) is 0 Å². The van der Waals surface area contributed by atoms with Crippen LogP contribution in [0.4, 0.5) is 0 Å². The molecule has 7 nitrogen and oxygen atoms in total. The van der Waals surface area contributed by atoms with Gasteiger partial charge < -0.3 is 20.0 Å². The van der Waals surface area contributed by atoms with Gasteiger partial charge in [-0.1, -0.05) is 29.4 Å². The molecule has 2 aliphatic heterocycles. The second kappa shape index (κ2) is 9.81. The zero-order chi connectivity index (χ0) is 22.6. The number of amides is 2. The Kier molecular flexibility index (Phi) is 7.36. The van der Waals surface area contributed by atoms with E-state index in [0.717, 1.165) is 36.2 Å². The molecule has 31 heavy (non-hydrogen) atoms. The first kappa shape index (κ1) is 23.3. The first-order valence-electron chi connectivity index (χ1n) is 11.2. The molecule has 1 fully saturated rings. The van der Waals surface area contributed by atoms with E-state index in [4.69, 9.17) is 4.84 Å². The Labute approximate surface area is 185 Å². The van der Waals surface area contributed by atoms with Crippen molar-refractivity contribution in [3.63, 3.8) is 0 Å². The number of likely N-dealkylation sites (N-methyl/N-ethyl adjacent to an activating group) is 1. The minimum absolute atomic E-state index is 0.0146. The van der Waals surface area contributed by atoms with Gasteiger partial charge in [-0.05, 0) is 46.3 Å². The average molecular weight is 429 g/mol. The molecule has 0 aromatic heterocycles. The number of nitrogens with one attached hydrogen (secondary N) is 1. The van der Waals surface area contributed by atoms with Crippen molar-refractivity contribution < 1.29 is 14.4 Å². The summed E-state index contributed by atoms with van der Waals surface area (Å²) in [6.07, 6.45) is 2.62. The van der Waals surface area contributed by atoms with Crippen molar-refractivity contribution in [1.82, 2.24) is 15.1 Å². The van der Waals surface area contributed by atoms with Gasteiger partial charge in [0.05, 0.1) is 11.1 Å². The molecule has 1 saturated heterocycles. The Hall–Kier alpha value is -2.41. The van der Waals surface area contributed by atoms with Crippen molar-refractivity contribution in [2.24, 2.45) is 10.6 Å². The zero-order valence-corrected chi connectivity index (χ0v) is 19.5. The second-order valence-electron chi connectivity index (χ2n) is 9.45. The van der Waals surface area contributed by atoms with Crippen LogP contribution in [-0.4, -0.2) is 73.2 Å². The van der Waals surface area contributed by atoms with Crippen molar-refractivity contribution in [3.05, 3.63) is 35.4 Å². The third-order valence-corrected chi connectivity index (χ3v) is 6.33. The van der Waals surface area contributed by atoms with Crippen molar-refractivity contribution in [2.45, 2.75) is 58.6 Å². The first-order chi connectivity index (χ1) is 14.7. The monoisotopic (exact) mass is 428 g/mol. The van der Waals surface area contributed by atoms with Gasteiger partial charge in [0.25, 0.3) is 0 Å². The molecular formula is C24H36N4O3. The molecule has 2 aliphatic rings. The summed E-state index contributed by atoms with van der Waals surface area (Å²) in [7, 11) is 3.99. The number of nitrogens with zero attached hydrogens (tertiary/aromatic N) is 3. The van der Waals surface area contributed by atoms with E-state index in [9.17, 15) is 9.59 Å². The number of benzene rings is 1. The molecule has 0 unspecified atom stereocenters. The number of aryl methyl sites for hydroxylation is 1. The van der Waals surface area contributed by atoms with E-state index in [1.807, 2.05) is 33.2 Å². The molecule has 1 aromatic rings. The van der Waals surface area contributed by atoms with Crippen LogP contribution >= 0.6 is 0 Å². The number of hydrogen-bond acceptors (Lipinski definition) is 5. The fraction of sp³-hybridized carbons (Fsp3) is 0.625. The first-order valence-corrected chi connectivity index (χ1v) is 11.2. The smallest absolute Gasteiger partial charge is 0.228 e. The third-order valence-electron chi connectivity index (χ3n) is 6.33. The van der Waals surface area contributed by atoms with E-state index in [1.54, 1.807) is 11.8 Å². The lowest BCUT2D eigenvalue weighted by molar-refractivity contribution is -0.143. The molecule has 7 heteroatoms. The molecule has 0 saturated carbocycles. The van der Waals surface area contributed by atoms with E-state index in [1.165, 1.54) is 0 Å². The summed E-state index contributed by atoms with van der Waals surface area (Å²) in [6.45, 7) is 7.56. The molecule has 0 aliphatic carbocycles. The minimum atomic E-state index is -0.661. The highest BCUT2D eigenvalue weighted by molar-refractivity contribution is 6.02. The fourth-order valence-electron chi connectivity index (χ4n) is 4.84. The van der Waals surface area contributed by atoms with Gasteiger partial charge in [0.2, 0.25) is 11.8 Å². The standard InChI is InChI=1S/C24H36N4O3/c1-17-9-6-7-10-21(17)22-13-20(31-26-22)14-24(11-8-12-28(16-24)19(3)29)23(30)25-18(2)15-27(4)5/h6-7,9-10,18,20H,8,11-16H2,1-5H3,(H,25,30)/t18-,20-,24+/m0/s1. The van der Waals surface area contributed by atoms with Gasteiger partial charge in [-0.25, -0.2) is 0 Å². The van der Waals surface area contributed by atoms with Crippen molar-refractivity contribution >= 4 is 17.5 Å². The summed E-state index contributed by atoms with van der Waals surface area (Å²) in [4.78, 5) is 35.3. The molecule has 0 spiro atoms. The average Bonchev–Trinajstić information content (AvgIpc) is 3.15. The molecular weight excluding hydrogens is 392 g/mol. The molecule has 3 rings (SSSR count). The number of carbonyl (C=O) groups excluding carboxylic acids is 2. The second-order valence-corrected chi connectivity index (χ2v) is 9.45. The SMILES string of the molecule is CC(=O)N1CCC[C@](C[C@@H]2CC(c3ccccc3C)=NO2)(C(=O)N[C@@H](C)CN(C)C)C1. The van der Waals surface area contributed by atoms with E-state index in [0.29, 0.717) is 25.9 Å². The van der Waals surface area contributed by atoms with Crippen molar-refractivity contribution in [3.8, 4) is 0 Å². The summed E-state index contributed by atoms with van der Waals surface area (Å²) in [6, 6.07) is 8.17. The van der Waals surface area contributed by atoms with Crippen LogP contribution in [0.5, 0.6) is 0 Å². The van der Waals surface area contributed by atoms with Crippen molar-refractivity contribution in [1.29, 1.82) is 0 Å². The Bertz CT molecular complexity index is 838. The molecule has 1 aromatic carbocycles. The van der Waals surface area contributed by atoms with Crippen molar-refractivity contribution in [2.75, 3.05) is 33.7 Å². The molecule has 2 heterocycles. The number of carbonyl (C=O) groups is 2. The van der Waals surface area contributed by atoms with Gasteiger partial charge in [0.1, 0.15) is 6.10 Å². The van der Waals surface area contributed by atoms with Crippen LogP contribution in [0.3, 0.4) is 0 Å². The molecule has 3 atom stereocenters. The summed E-state index contributed by atoms with van der Waals surface area (Å²) in [5.74, 6) is 0.0307. The quantitative estimate of drug-likeness (QED) is 0.724. The van der Waals surface area contributed by atoms with Gasteiger partial charge >= 0.3 is 0 Å². The largest absolute Gasteiger partial charge is 0.392 e. The summed E-state index contributed by atoms with van der Waals surface area (Å²) < 4.78 is 0. The molecule has 2 amide bonds. The Morgan fingerprint density at radius 1 is 1.35 bits per heavy atom. The number of likely N-dealkylation sites (tertiary alicyclic amines) is 1. The highest BCUT2D eigenvalue weighted by Gasteiger charge is 2.46. The van der Waals surface area contributed by atoms with Crippen LogP contribution in [0.15, 0.2) is 29.4 Å². The maximum atomic E-state index is 13.5. The lowest BCUT2D eigenvalue weighted by atomic mass is 9.73. The van der Waals surface area contributed by atoms with E-state index >= 15 is 0 Å². The number of piperidine rings is 1. The van der Waals surface area contributed by atoms with Crippen LogP contribution in [0.25, 0.3) is 0 Å². The number of hydrogen-bond donors (Lipinski definition) is 1.